The van der Waals surface area contributed by atoms with Crippen molar-refractivity contribution in [2.45, 2.75) is 5.92 Å². The molecule has 4 aromatic rings. The third-order valence-electron chi connectivity index (χ3n) is 5.99. The smallest absolute Gasteiger partial charge is 0.407 e. The van der Waals surface area contributed by atoms with Crippen LogP contribution in [-0.2, 0) is 4.74 Å². The van der Waals surface area contributed by atoms with Crippen molar-refractivity contribution in [2.24, 2.45) is 0 Å². The number of alkyl carbamates (subject to hydrolysis) is 1. The fraction of sp³-hybridized carbons (Fsp3) is 0.138. The molecule has 4 heteroatoms. The Morgan fingerprint density at radius 2 is 1.48 bits per heavy atom. The van der Waals surface area contributed by atoms with Gasteiger partial charge >= 0.3 is 6.09 Å². The first-order chi connectivity index (χ1) is 16.3. The fourth-order valence-corrected chi connectivity index (χ4v) is 4.46. The van der Waals surface area contributed by atoms with Crippen LogP contribution in [0.1, 0.15) is 22.6 Å². The summed E-state index contributed by atoms with van der Waals surface area (Å²) in [5, 5.41) is 4.77. The molecular formula is C29H23NO3. The number of amides is 1. The number of fused-ring (bicyclic) bond motifs is 4. The first kappa shape index (κ1) is 20.7. The minimum atomic E-state index is -0.467. The molecule has 4 aromatic carbocycles. The summed E-state index contributed by atoms with van der Waals surface area (Å²) in [5.74, 6) is 7.01. The van der Waals surface area contributed by atoms with E-state index in [4.69, 9.17) is 9.47 Å². The van der Waals surface area contributed by atoms with Crippen molar-refractivity contribution >= 4 is 16.9 Å². The number of carbonyl (C=O) groups excluding carboxylic acids is 1. The van der Waals surface area contributed by atoms with Crippen LogP contribution < -0.4 is 10.1 Å². The fourth-order valence-electron chi connectivity index (χ4n) is 4.46. The molecule has 1 aliphatic carbocycles. The lowest BCUT2D eigenvalue weighted by Crippen LogP contribution is -2.26. The van der Waals surface area contributed by atoms with Gasteiger partial charge in [-0.05, 0) is 34.4 Å². The number of nitrogens with one attached hydrogen (secondary N) is 1. The van der Waals surface area contributed by atoms with Gasteiger partial charge in [-0.3, -0.25) is 0 Å². The van der Waals surface area contributed by atoms with Gasteiger partial charge in [0.25, 0.3) is 0 Å². The first-order valence-corrected chi connectivity index (χ1v) is 10.9. The zero-order valence-electron chi connectivity index (χ0n) is 18.3. The average Bonchev–Trinajstić information content (AvgIpc) is 3.19. The van der Waals surface area contributed by atoms with E-state index in [1.165, 1.54) is 22.3 Å². The maximum Gasteiger partial charge on any atom is 0.407 e. The third-order valence-corrected chi connectivity index (χ3v) is 5.99. The largest absolute Gasteiger partial charge is 0.496 e. The molecule has 4 nitrogen and oxygen atoms in total. The summed E-state index contributed by atoms with van der Waals surface area (Å²) in [5.41, 5.74) is 5.69. The average molecular weight is 434 g/mol. The normalized spacial score (nSPS) is 11.8. The molecule has 0 radical (unpaired) electrons. The lowest BCUT2D eigenvalue weighted by Gasteiger charge is -2.14. The van der Waals surface area contributed by atoms with Gasteiger partial charge in [0.15, 0.2) is 0 Å². The Balaban J connectivity index is 1.22. The van der Waals surface area contributed by atoms with E-state index in [2.05, 4.69) is 41.4 Å². The summed E-state index contributed by atoms with van der Waals surface area (Å²) in [7, 11) is 1.66. The Morgan fingerprint density at radius 1 is 0.848 bits per heavy atom. The Morgan fingerprint density at radius 3 is 2.18 bits per heavy atom. The zero-order chi connectivity index (χ0) is 22.6. The molecule has 1 aliphatic rings. The molecular weight excluding hydrogens is 410 g/mol. The molecule has 162 valence electrons. The van der Waals surface area contributed by atoms with E-state index in [1.807, 2.05) is 60.7 Å². The van der Waals surface area contributed by atoms with E-state index in [0.29, 0.717) is 0 Å². The molecule has 5 rings (SSSR count). The highest BCUT2D eigenvalue weighted by Gasteiger charge is 2.28. The highest BCUT2D eigenvalue weighted by Crippen LogP contribution is 2.44. The van der Waals surface area contributed by atoms with E-state index in [-0.39, 0.29) is 19.1 Å². The molecule has 0 fully saturated rings. The number of hydrogen-bond donors (Lipinski definition) is 1. The Hall–Kier alpha value is -4.23. The van der Waals surface area contributed by atoms with Crippen molar-refractivity contribution in [2.75, 3.05) is 20.3 Å². The summed E-state index contributed by atoms with van der Waals surface area (Å²) in [4.78, 5) is 12.3. The van der Waals surface area contributed by atoms with Crippen LogP contribution >= 0.6 is 0 Å². The van der Waals surface area contributed by atoms with Gasteiger partial charge in [0, 0.05) is 22.3 Å². The van der Waals surface area contributed by atoms with Gasteiger partial charge in [0.2, 0.25) is 0 Å². The lowest BCUT2D eigenvalue weighted by atomic mass is 9.98. The Bertz CT molecular complexity index is 1350. The van der Waals surface area contributed by atoms with Crippen LogP contribution in [0.15, 0.2) is 84.9 Å². The van der Waals surface area contributed by atoms with Crippen LogP contribution in [-0.4, -0.2) is 26.4 Å². The molecule has 1 amide bonds. The summed E-state index contributed by atoms with van der Waals surface area (Å²) >= 11 is 0. The highest BCUT2D eigenvalue weighted by atomic mass is 16.5. The minimum Gasteiger partial charge on any atom is -0.496 e. The van der Waals surface area contributed by atoms with Crippen LogP contribution in [0.3, 0.4) is 0 Å². The molecule has 0 saturated carbocycles. The van der Waals surface area contributed by atoms with Crippen molar-refractivity contribution < 1.29 is 14.3 Å². The first-order valence-electron chi connectivity index (χ1n) is 10.9. The zero-order valence-corrected chi connectivity index (χ0v) is 18.3. The predicted molar refractivity (Wildman–Crippen MR) is 130 cm³/mol. The molecule has 0 aliphatic heterocycles. The van der Waals surface area contributed by atoms with Gasteiger partial charge in [-0.2, -0.15) is 0 Å². The third kappa shape index (κ3) is 4.02. The summed E-state index contributed by atoms with van der Waals surface area (Å²) in [6.45, 7) is 0.493. The number of methoxy groups -OCH3 is 1. The molecule has 0 unspecified atom stereocenters. The molecule has 0 atom stereocenters. The van der Waals surface area contributed by atoms with E-state index >= 15 is 0 Å². The molecule has 0 saturated heterocycles. The van der Waals surface area contributed by atoms with Gasteiger partial charge < -0.3 is 14.8 Å². The monoisotopic (exact) mass is 433 g/mol. The second kappa shape index (κ2) is 9.10. The van der Waals surface area contributed by atoms with Crippen molar-refractivity contribution in [1.29, 1.82) is 0 Å². The lowest BCUT2D eigenvalue weighted by molar-refractivity contribution is 0.144. The SMILES string of the molecule is COc1ccc(C#CCNC(=O)OCC2c3ccccc3-c3ccccc32)c2ccccc12. The number of rotatable bonds is 4. The molecule has 0 spiro atoms. The molecule has 0 bridgehead atoms. The Kier molecular flexibility index (Phi) is 5.70. The second-order valence-corrected chi connectivity index (χ2v) is 7.84. The van der Waals surface area contributed by atoms with E-state index < -0.39 is 6.09 Å². The number of ether oxygens (including phenoxy) is 2. The van der Waals surface area contributed by atoms with Crippen LogP contribution in [0.25, 0.3) is 21.9 Å². The van der Waals surface area contributed by atoms with Gasteiger partial charge in [-0.15, -0.1) is 0 Å². The minimum absolute atomic E-state index is 0.0416. The summed E-state index contributed by atoms with van der Waals surface area (Å²) in [6, 6.07) is 28.4. The Labute approximate surface area is 193 Å². The molecule has 33 heavy (non-hydrogen) atoms. The van der Waals surface area contributed by atoms with E-state index in [1.54, 1.807) is 7.11 Å². The van der Waals surface area contributed by atoms with Crippen LogP contribution in [0, 0.1) is 11.8 Å². The van der Waals surface area contributed by atoms with Gasteiger partial charge in [-0.1, -0.05) is 84.6 Å². The highest BCUT2D eigenvalue weighted by molar-refractivity contribution is 5.93. The number of hydrogen-bond acceptors (Lipinski definition) is 3. The summed E-state index contributed by atoms with van der Waals surface area (Å²) in [6.07, 6.45) is -0.467. The van der Waals surface area contributed by atoms with Gasteiger partial charge in [0.05, 0.1) is 13.7 Å². The maximum absolute atomic E-state index is 12.3. The van der Waals surface area contributed by atoms with Crippen molar-refractivity contribution in [3.05, 3.63) is 102 Å². The van der Waals surface area contributed by atoms with Crippen molar-refractivity contribution in [3.8, 4) is 28.7 Å². The van der Waals surface area contributed by atoms with Gasteiger partial charge in [-0.25, -0.2) is 4.79 Å². The predicted octanol–water partition coefficient (Wildman–Crippen LogP) is 5.74. The van der Waals surface area contributed by atoms with Crippen LogP contribution in [0.5, 0.6) is 5.75 Å². The molecule has 1 N–H and O–H groups in total. The standard InChI is InChI=1S/C29H23NO3/c1-32-28-17-16-20(21-10-2-7-15-26(21)28)9-8-18-30-29(31)33-19-27-24-13-5-3-11-22(24)23-12-4-6-14-25(23)27/h2-7,10-17,27H,18-19H2,1H3,(H,30,31). The van der Waals surface area contributed by atoms with Gasteiger partial charge in [0.1, 0.15) is 12.4 Å². The van der Waals surface area contributed by atoms with Crippen LogP contribution in [0.4, 0.5) is 4.79 Å². The van der Waals surface area contributed by atoms with Crippen molar-refractivity contribution in [1.82, 2.24) is 5.32 Å². The number of benzene rings is 4. The topological polar surface area (TPSA) is 47.6 Å². The van der Waals surface area contributed by atoms with Crippen molar-refractivity contribution in [3.63, 3.8) is 0 Å². The molecule has 0 aromatic heterocycles. The molecule has 0 heterocycles. The number of carbonyl (C=O) groups is 1. The summed E-state index contributed by atoms with van der Waals surface area (Å²) < 4.78 is 11.0. The quantitative estimate of drug-likeness (QED) is 0.418. The van der Waals surface area contributed by atoms with E-state index in [9.17, 15) is 4.79 Å². The van der Waals surface area contributed by atoms with Crippen LogP contribution in [0.2, 0.25) is 0 Å². The van der Waals surface area contributed by atoms with E-state index in [0.717, 1.165) is 22.1 Å². The second-order valence-electron chi connectivity index (χ2n) is 7.84. The maximum atomic E-state index is 12.3.